The Balaban J connectivity index is 0.00000151. The molecule has 0 spiro atoms. The number of amides is 1. The van der Waals surface area contributed by atoms with E-state index < -0.39 is 0 Å². The second-order valence-electron chi connectivity index (χ2n) is 5.37. The van der Waals surface area contributed by atoms with E-state index in [1.807, 2.05) is 30.3 Å². The number of nitriles is 1. The van der Waals surface area contributed by atoms with Crippen molar-refractivity contribution in [2.45, 2.75) is 19.8 Å². The van der Waals surface area contributed by atoms with Crippen LogP contribution in [0.4, 0.5) is 0 Å². The smallest absolute Gasteiger partial charge is 0.253 e. The molecule has 6 heteroatoms. The van der Waals surface area contributed by atoms with Gasteiger partial charge in [-0.3, -0.25) is 9.78 Å². The van der Waals surface area contributed by atoms with E-state index in [0.717, 1.165) is 16.7 Å². The van der Waals surface area contributed by atoms with Crippen molar-refractivity contribution in [3.05, 3.63) is 65.0 Å². The third kappa shape index (κ3) is 6.94. The van der Waals surface area contributed by atoms with Crippen LogP contribution in [0.1, 0.15) is 34.0 Å². The van der Waals surface area contributed by atoms with Crippen molar-refractivity contribution in [3.8, 4) is 6.07 Å². The van der Waals surface area contributed by atoms with Crippen LogP contribution < -0.4 is 11.1 Å². The van der Waals surface area contributed by atoms with Crippen LogP contribution in [0.3, 0.4) is 0 Å². The third-order valence-corrected chi connectivity index (χ3v) is 3.29. The molecular formula is C19H23N5O. The minimum atomic E-state index is -0.227. The summed E-state index contributed by atoms with van der Waals surface area (Å²) in [6, 6.07) is 11.8. The van der Waals surface area contributed by atoms with E-state index in [0.29, 0.717) is 24.1 Å². The summed E-state index contributed by atoms with van der Waals surface area (Å²) in [5, 5.41) is 18.7. The molecule has 1 aromatic carbocycles. The highest BCUT2D eigenvalue weighted by atomic mass is 16.1. The van der Waals surface area contributed by atoms with Gasteiger partial charge in [-0.2, -0.15) is 5.26 Å². The maximum atomic E-state index is 12.0. The largest absolute Gasteiger partial charge is 0.347 e. The maximum Gasteiger partial charge on any atom is 0.253 e. The van der Waals surface area contributed by atoms with E-state index in [1.54, 1.807) is 13.1 Å². The molecule has 2 aromatic rings. The van der Waals surface area contributed by atoms with Crippen molar-refractivity contribution in [2.24, 2.45) is 5.73 Å². The Morgan fingerprint density at radius 3 is 2.44 bits per heavy atom. The molecule has 0 saturated heterocycles. The summed E-state index contributed by atoms with van der Waals surface area (Å²) in [5.41, 5.74) is 8.42. The second kappa shape index (κ2) is 10.7. The van der Waals surface area contributed by atoms with Gasteiger partial charge in [0.2, 0.25) is 0 Å². The van der Waals surface area contributed by atoms with Crippen LogP contribution in [-0.4, -0.2) is 30.2 Å². The molecule has 1 heterocycles. The van der Waals surface area contributed by atoms with E-state index in [-0.39, 0.29) is 12.5 Å². The number of hydrogen-bond donors (Lipinski definition) is 3. The van der Waals surface area contributed by atoms with Gasteiger partial charge in [0, 0.05) is 18.1 Å². The molecular weight excluding hydrogens is 314 g/mol. The van der Waals surface area contributed by atoms with Gasteiger partial charge < -0.3 is 16.5 Å². The fourth-order valence-corrected chi connectivity index (χ4v) is 2.13. The van der Waals surface area contributed by atoms with E-state index in [1.165, 1.54) is 13.2 Å². The van der Waals surface area contributed by atoms with Crippen molar-refractivity contribution < 1.29 is 4.79 Å². The molecule has 0 fully saturated rings. The average molecular weight is 337 g/mol. The van der Waals surface area contributed by atoms with Crippen LogP contribution >= 0.6 is 0 Å². The first-order chi connectivity index (χ1) is 12.1. The predicted molar refractivity (Wildman–Crippen MR) is 98.6 cm³/mol. The first kappa shape index (κ1) is 20.0. The molecule has 0 aliphatic heterocycles. The Morgan fingerprint density at radius 1 is 1.20 bits per heavy atom. The topological polar surface area (TPSA) is 116 Å². The lowest BCUT2D eigenvalue weighted by molar-refractivity contribution is 0.0958. The molecule has 0 bridgehead atoms. The molecule has 1 amide bonds. The molecule has 130 valence electrons. The summed E-state index contributed by atoms with van der Waals surface area (Å²) in [7, 11) is 1.50. The fraction of sp³-hybridized carbons (Fsp3) is 0.263. The minimum Gasteiger partial charge on any atom is -0.347 e. The number of nitrogens with two attached hydrogens (primary N) is 1. The molecule has 4 N–H and O–H groups in total. The molecule has 2 rings (SSSR count). The monoisotopic (exact) mass is 337 g/mol. The molecule has 0 unspecified atom stereocenters. The number of carbonyl (C=O) groups is 1. The number of nitrogens with zero attached hydrogens (tertiary/aromatic N) is 2. The Labute approximate surface area is 148 Å². The molecule has 6 nitrogen and oxygen atoms in total. The van der Waals surface area contributed by atoms with E-state index in [2.05, 4.69) is 22.1 Å². The van der Waals surface area contributed by atoms with Gasteiger partial charge in [0.25, 0.3) is 5.91 Å². The minimum absolute atomic E-state index is 0.227. The molecule has 0 aliphatic carbocycles. The van der Waals surface area contributed by atoms with Gasteiger partial charge in [0.1, 0.15) is 0 Å². The zero-order valence-corrected chi connectivity index (χ0v) is 14.5. The lowest BCUT2D eigenvalue weighted by Gasteiger charge is -2.06. The van der Waals surface area contributed by atoms with Gasteiger partial charge in [0.05, 0.1) is 24.6 Å². The summed E-state index contributed by atoms with van der Waals surface area (Å²) in [6.07, 6.45) is 4.34. The van der Waals surface area contributed by atoms with Gasteiger partial charge in [0.15, 0.2) is 0 Å². The van der Waals surface area contributed by atoms with Crippen LogP contribution in [0.15, 0.2) is 42.7 Å². The fourth-order valence-electron chi connectivity index (χ4n) is 2.13. The van der Waals surface area contributed by atoms with Crippen molar-refractivity contribution in [1.82, 2.24) is 10.3 Å². The average Bonchev–Trinajstić information content (AvgIpc) is 2.63. The number of nitrogens with one attached hydrogen (secondary N) is 2. The Morgan fingerprint density at radius 2 is 1.84 bits per heavy atom. The molecule has 1 aromatic heterocycles. The molecule has 0 saturated carbocycles. The van der Waals surface area contributed by atoms with E-state index in [4.69, 9.17) is 10.7 Å². The highest BCUT2D eigenvalue weighted by Gasteiger charge is 2.07. The van der Waals surface area contributed by atoms with E-state index >= 15 is 0 Å². The van der Waals surface area contributed by atoms with Gasteiger partial charge in [-0.05, 0) is 43.1 Å². The van der Waals surface area contributed by atoms with Crippen molar-refractivity contribution in [1.29, 1.82) is 10.7 Å². The Bertz CT molecular complexity index is 747. The lowest BCUT2D eigenvalue weighted by atomic mass is 10.0. The Kier molecular flexibility index (Phi) is 8.55. The second-order valence-corrected chi connectivity index (χ2v) is 5.37. The first-order valence-electron chi connectivity index (χ1n) is 7.87. The normalized spacial score (nSPS) is 9.36. The SMILES string of the molecule is CC(=N)CNC(=O)c1cncc(Cc2ccc(CC#N)cc2)c1.CN. The number of rotatable bonds is 6. The molecule has 0 atom stereocenters. The molecule has 0 aliphatic rings. The maximum absolute atomic E-state index is 12.0. The standard InChI is InChI=1S/C18H18N4O.CH5N/c1-13(20)10-22-18(23)17-9-16(11-21-12-17)8-15-4-2-14(3-5-15)6-7-19;1-2/h2-5,9,11-12,20H,6,8,10H2,1H3,(H,22,23);2H2,1H3. The number of aromatic nitrogens is 1. The van der Waals surface area contributed by atoms with E-state index in [9.17, 15) is 4.79 Å². The van der Waals surface area contributed by atoms with Crippen LogP contribution in [-0.2, 0) is 12.8 Å². The number of hydrogen-bond acceptors (Lipinski definition) is 5. The van der Waals surface area contributed by atoms with Crippen LogP contribution in [0.25, 0.3) is 0 Å². The first-order valence-corrected chi connectivity index (χ1v) is 7.87. The zero-order valence-electron chi connectivity index (χ0n) is 14.5. The van der Waals surface area contributed by atoms with Crippen molar-refractivity contribution in [2.75, 3.05) is 13.6 Å². The highest BCUT2D eigenvalue weighted by Crippen LogP contribution is 2.12. The number of benzene rings is 1. The summed E-state index contributed by atoms with van der Waals surface area (Å²) >= 11 is 0. The van der Waals surface area contributed by atoms with Gasteiger partial charge in [-0.15, -0.1) is 0 Å². The zero-order chi connectivity index (χ0) is 18.7. The van der Waals surface area contributed by atoms with Gasteiger partial charge >= 0.3 is 0 Å². The van der Waals surface area contributed by atoms with Gasteiger partial charge in [-0.25, -0.2) is 0 Å². The van der Waals surface area contributed by atoms with Crippen molar-refractivity contribution in [3.63, 3.8) is 0 Å². The quantitative estimate of drug-likeness (QED) is 0.700. The summed E-state index contributed by atoms with van der Waals surface area (Å²) < 4.78 is 0. The molecule has 0 radical (unpaired) electrons. The highest BCUT2D eigenvalue weighted by molar-refractivity contribution is 5.96. The Hall–Kier alpha value is -3.04. The predicted octanol–water partition coefficient (Wildman–Crippen LogP) is 2.08. The lowest BCUT2D eigenvalue weighted by Crippen LogP contribution is -2.28. The van der Waals surface area contributed by atoms with Crippen LogP contribution in [0.5, 0.6) is 0 Å². The van der Waals surface area contributed by atoms with Gasteiger partial charge in [-0.1, -0.05) is 24.3 Å². The van der Waals surface area contributed by atoms with Crippen molar-refractivity contribution >= 4 is 11.6 Å². The molecule has 25 heavy (non-hydrogen) atoms. The number of pyridine rings is 1. The van der Waals surface area contributed by atoms with Crippen LogP contribution in [0.2, 0.25) is 0 Å². The summed E-state index contributed by atoms with van der Waals surface area (Å²) in [5.74, 6) is -0.227. The third-order valence-electron chi connectivity index (χ3n) is 3.29. The van der Waals surface area contributed by atoms with Crippen LogP contribution in [0, 0.1) is 16.7 Å². The summed E-state index contributed by atoms with van der Waals surface area (Å²) in [6.45, 7) is 1.88. The number of carbonyl (C=O) groups excluding carboxylic acids is 1. The summed E-state index contributed by atoms with van der Waals surface area (Å²) in [4.78, 5) is 16.1.